The summed E-state index contributed by atoms with van der Waals surface area (Å²) in [5.74, 6) is 1.84. The lowest BCUT2D eigenvalue weighted by Gasteiger charge is -2.22. The van der Waals surface area contributed by atoms with Crippen LogP contribution in [-0.4, -0.2) is 0 Å². The van der Waals surface area contributed by atoms with Crippen molar-refractivity contribution in [3.63, 3.8) is 0 Å². The SMILES string of the molecule is Cc1cc(-c2ccc3c4ccccc4c4ccccc4c3c2)cc(-c2cccc3c2Sc2ccccc2O3)c1. The summed E-state index contributed by atoms with van der Waals surface area (Å²) < 4.78 is 6.29. The van der Waals surface area contributed by atoms with E-state index in [2.05, 4.69) is 122 Å². The van der Waals surface area contributed by atoms with Gasteiger partial charge in [0.15, 0.2) is 0 Å². The van der Waals surface area contributed by atoms with Crippen LogP contribution in [0.5, 0.6) is 11.5 Å². The van der Waals surface area contributed by atoms with Crippen LogP contribution in [0.25, 0.3) is 54.6 Å². The number of para-hydroxylation sites is 1. The van der Waals surface area contributed by atoms with Crippen LogP contribution in [-0.2, 0) is 0 Å². The van der Waals surface area contributed by atoms with E-state index in [1.165, 1.54) is 65.0 Å². The van der Waals surface area contributed by atoms with Gasteiger partial charge >= 0.3 is 0 Å². The van der Waals surface area contributed by atoms with Gasteiger partial charge in [-0.1, -0.05) is 109 Å². The van der Waals surface area contributed by atoms with E-state index >= 15 is 0 Å². The minimum absolute atomic E-state index is 0.920. The fourth-order valence-electron chi connectivity index (χ4n) is 5.97. The lowest BCUT2D eigenvalue weighted by molar-refractivity contribution is 0.455. The number of rotatable bonds is 2. The van der Waals surface area contributed by atoms with Crippen molar-refractivity contribution in [2.24, 2.45) is 0 Å². The number of hydrogen-bond donors (Lipinski definition) is 0. The second-order valence-corrected chi connectivity index (χ2v) is 11.3. The highest BCUT2D eigenvalue weighted by molar-refractivity contribution is 7.99. The molecule has 7 aromatic rings. The molecule has 1 nitrogen and oxygen atoms in total. The summed E-state index contributed by atoms with van der Waals surface area (Å²) in [4.78, 5) is 2.32. The summed E-state index contributed by atoms with van der Waals surface area (Å²) in [6, 6.07) is 46.0. The zero-order chi connectivity index (χ0) is 25.9. The predicted molar refractivity (Wildman–Crippen MR) is 165 cm³/mol. The molecular formula is C37H24OS. The van der Waals surface area contributed by atoms with Gasteiger partial charge < -0.3 is 4.74 Å². The summed E-state index contributed by atoms with van der Waals surface area (Å²) >= 11 is 1.79. The van der Waals surface area contributed by atoms with Crippen LogP contribution in [0.2, 0.25) is 0 Å². The van der Waals surface area contributed by atoms with Crippen molar-refractivity contribution < 1.29 is 4.74 Å². The van der Waals surface area contributed by atoms with Crippen molar-refractivity contribution in [2.45, 2.75) is 16.7 Å². The topological polar surface area (TPSA) is 9.23 Å². The second-order valence-electron chi connectivity index (χ2n) is 10.2. The van der Waals surface area contributed by atoms with E-state index in [1.54, 1.807) is 11.8 Å². The molecule has 39 heavy (non-hydrogen) atoms. The lowest BCUT2D eigenvalue weighted by atomic mass is 9.91. The van der Waals surface area contributed by atoms with Gasteiger partial charge in [-0.3, -0.25) is 0 Å². The normalized spacial score (nSPS) is 12.3. The molecule has 7 aromatic carbocycles. The molecule has 0 saturated carbocycles. The third-order valence-electron chi connectivity index (χ3n) is 7.73. The Labute approximate surface area is 231 Å². The Balaban J connectivity index is 1.31. The van der Waals surface area contributed by atoms with Gasteiger partial charge in [-0.15, -0.1) is 0 Å². The van der Waals surface area contributed by atoms with Crippen molar-refractivity contribution in [2.75, 3.05) is 0 Å². The minimum Gasteiger partial charge on any atom is -0.455 e. The molecule has 184 valence electrons. The van der Waals surface area contributed by atoms with Crippen LogP contribution in [0.15, 0.2) is 137 Å². The van der Waals surface area contributed by atoms with Crippen LogP contribution in [0.3, 0.4) is 0 Å². The van der Waals surface area contributed by atoms with Crippen molar-refractivity contribution in [3.8, 4) is 33.8 Å². The fourth-order valence-corrected chi connectivity index (χ4v) is 7.05. The summed E-state index contributed by atoms with van der Waals surface area (Å²) in [5.41, 5.74) is 6.11. The molecule has 0 aliphatic carbocycles. The Hall–Kier alpha value is -4.53. The third kappa shape index (κ3) is 3.64. The maximum absolute atomic E-state index is 6.29. The zero-order valence-corrected chi connectivity index (χ0v) is 22.3. The fraction of sp³-hybridized carbons (Fsp3) is 0.0270. The van der Waals surface area contributed by atoms with Crippen molar-refractivity contribution >= 4 is 44.1 Å². The smallest absolute Gasteiger partial charge is 0.142 e. The Morgan fingerprint density at radius 3 is 1.85 bits per heavy atom. The lowest BCUT2D eigenvalue weighted by Crippen LogP contribution is -1.97. The molecule has 0 unspecified atom stereocenters. The Bertz CT molecular complexity index is 2050. The molecular weight excluding hydrogens is 492 g/mol. The van der Waals surface area contributed by atoms with Crippen molar-refractivity contribution in [1.29, 1.82) is 0 Å². The molecule has 2 heteroatoms. The average Bonchev–Trinajstić information content (AvgIpc) is 2.99. The summed E-state index contributed by atoms with van der Waals surface area (Å²) in [6.45, 7) is 2.19. The molecule has 0 N–H and O–H groups in total. The molecule has 0 spiro atoms. The first-order chi connectivity index (χ1) is 19.2. The Morgan fingerprint density at radius 1 is 0.462 bits per heavy atom. The molecule has 1 heterocycles. The molecule has 0 amide bonds. The summed E-state index contributed by atoms with van der Waals surface area (Å²) in [5, 5.41) is 7.80. The molecule has 1 aliphatic rings. The number of fused-ring (bicyclic) bond motifs is 8. The molecule has 0 atom stereocenters. The largest absolute Gasteiger partial charge is 0.455 e. The summed E-state index contributed by atoms with van der Waals surface area (Å²) in [7, 11) is 0. The maximum Gasteiger partial charge on any atom is 0.142 e. The highest BCUT2D eigenvalue weighted by Gasteiger charge is 2.21. The first kappa shape index (κ1) is 22.5. The van der Waals surface area contributed by atoms with Crippen LogP contribution < -0.4 is 4.74 Å². The molecule has 1 aliphatic heterocycles. The molecule has 0 aromatic heterocycles. The van der Waals surface area contributed by atoms with Gasteiger partial charge in [0, 0.05) is 0 Å². The van der Waals surface area contributed by atoms with E-state index in [9.17, 15) is 0 Å². The van der Waals surface area contributed by atoms with Crippen LogP contribution in [0, 0.1) is 6.92 Å². The molecule has 0 saturated heterocycles. The van der Waals surface area contributed by atoms with Crippen molar-refractivity contribution in [1.82, 2.24) is 0 Å². The Morgan fingerprint density at radius 2 is 1.08 bits per heavy atom. The van der Waals surface area contributed by atoms with Gasteiger partial charge in [-0.25, -0.2) is 0 Å². The van der Waals surface area contributed by atoms with Gasteiger partial charge in [0.2, 0.25) is 0 Å². The maximum atomic E-state index is 6.29. The Kier molecular flexibility index (Phi) is 5.04. The predicted octanol–water partition coefficient (Wildman–Crippen LogP) is 11.0. The van der Waals surface area contributed by atoms with Gasteiger partial charge in [0.1, 0.15) is 11.5 Å². The average molecular weight is 517 g/mol. The summed E-state index contributed by atoms with van der Waals surface area (Å²) in [6.07, 6.45) is 0. The number of aryl methyl sites for hydroxylation is 1. The number of benzene rings is 7. The quantitative estimate of drug-likeness (QED) is 0.211. The van der Waals surface area contributed by atoms with E-state index in [4.69, 9.17) is 4.74 Å². The first-order valence-corrected chi connectivity index (χ1v) is 14.1. The molecule has 0 radical (unpaired) electrons. The van der Waals surface area contributed by atoms with Crippen molar-refractivity contribution in [3.05, 3.63) is 133 Å². The molecule has 0 bridgehead atoms. The minimum atomic E-state index is 0.920. The molecule has 0 fully saturated rings. The van der Waals surface area contributed by atoms with E-state index in [-0.39, 0.29) is 0 Å². The molecule has 8 rings (SSSR count). The second kappa shape index (κ2) is 8.76. The van der Waals surface area contributed by atoms with E-state index in [0.717, 1.165) is 16.4 Å². The zero-order valence-electron chi connectivity index (χ0n) is 21.4. The van der Waals surface area contributed by atoms with E-state index in [0.29, 0.717) is 0 Å². The van der Waals surface area contributed by atoms with Gasteiger partial charge in [-0.2, -0.15) is 0 Å². The van der Waals surface area contributed by atoms with Gasteiger partial charge in [0.25, 0.3) is 0 Å². The first-order valence-electron chi connectivity index (χ1n) is 13.3. The third-order valence-corrected chi connectivity index (χ3v) is 8.91. The van der Waals surface area contributed by atoms with E-state index < -0.39 is 0 Å². The highest BCUT2D eigenvalue weighted by Crippen LogP contribution is 2.51. The van der Waals surface area contributed by atoms with E-state index in [1.807, 2.05) is 12.1 Å². The standard InChI is InChI=1S/C37H24OS/c1-23-19-25(21-26(20-23)27-13-8-15-35-37(27)39-36-16-7-6-14-34(36)38-35)24-17-18-32-30-11-3-2-9-28(30)29-10-4-5-12-31(29)33(32)22-24/h2-22H,1H3. The van der Waals surface area contributed by atoms with Crippen LogP contribution in [0.4, 0.5) is 0 Å². The monoisotopic (exact) mass is 516 g/mol. The van der Waals surface area contributed by atoms with Crippen LogP contribution in [0.1, 0.15) is 5.56 Å². The number of hydrogen-bond acceptors (Lipinski definition) is 2. The highest BCUT2D eigenvalue weighted by atomic mass is 32.2. The van der Waals surface area contributed by atoms with Gasteiger partial charge in [0.05, 0.1) is 9.79 Å². The van der Waals surface area contributed by atoms with Crippen LogP contribution >= 0.6 is 11.8 Å². The van der Waals surface area contributed by atoms with Gasteiger partial charge in [-0.05, 0) is 97.4 Å². The number of ether oxygens (including phenoxy) is 1.